The third-order valence-corrected chi connectivity index (χ3v) is 3.51. The molecule has 0 saturated heterocycles. The lowest BCUT2D eigenvalue weighted by Gasteiger charge is -2.08. The maximum atomic E-state index is 13.5. The van der Waals surface area contributed by atoms with Crippen LogP contribution in [0, 0.1) is 11.6 Å². The number of amides is 1. The third kappa shape index (κ3) is 4.38. The number of halogens is 2. The van der Waals surface area contributed by atoms with Crippen LogP contribution in [-0.2, 0) is 6.54 Å². The van der Waals surface area contributed by atoms with Crippen molar-refractivity contribution in [2.45, 2.75) is 6.54 Å². The molecule has 0 atom stereocenters. The number of carbonyl (C=O) groups is 1. The van der Waals surface area contributed by atoms with Crippen LogP contribution >= 0.6 is 0 Å². The summed E-state index contributed by atoms with van der Waals surface area (Å²) in [5.74, 6) is -1.12. The molecule has 2 aromatic carbocycles. The third-order valence-electron chi connectivity index (χ3n) is 3.51. The van der Waals surface area contributed by atoms with Crippen molar-refractivity contribution >= 4 is 17.3 Å². The zero-order valence-corrected chi connectivity index (χ0v) is 13.2. The van der Waals surface area contributed by atoms with Gasteiger partial charge in [-0.3, -0.25) is 4.79 Å². The van der Waals surface area contributed by atoms with E-state index in [0.29, 0.717) is 16.9 Å². The Labute approximate surface area is 143 Å². The number of anilines is 2. The van der Waals surface area contributed by atoms with E-state index in [1.54, 1.807) is 36.4 Å². The van der Waals surface area contributed by atoms with E-state index in [9.17, 15) is 13.6 Å². The first-order chi connectivity index (χ1) is 12.1. The van der Waals surface area contributed by atoms with Crippen LogP contribution < -0.4 is 10.6 Å². The number of benzene rings is 2. The van der Waals surface area contributed by atoms with Crippen LogP contribution in [0.1, 0.15) is 16.1 Å². The molecule has 126 valence electrons. The van der Waals surface area contributed by atoms with Crippen molar-refractivity contribution in [3.8, 4) is 0 Å². The van der Waals surface area contributed by atoms with Gasteiger partial charge in [0.05, 0.1) is 11.9 Å². The summed E-state index contributed by atoms with van der Waals surface area (Å²) in [5, 5.41) is 5.61. The smallest absolute Gasteiger partial charge is 0.270 e. The zero-order valence-electron chi connectivity index (χ0n) is 13.2. The van der Waals surface area contributed by atoms with E-state index in [1.165, 1.54) is 30.5 Å². The second-order valence-electron chi connectivity index (χ2n) is 5.34. The zero-order chi connectivity index (χ0) is 17.6. The molecule has 1 amide bonds. The summed E-state index contributed by atoms with van der Waals surface area (Å²) >= 11 is 0. The quantitative estimate of drug-likeness (QED) is 0.738. The van der Waals surface area contributed by atoms with E-state index in [1.807, 2.05) is 0 Å². The lowest BCUT2D eigenvalue weighted by molar-refractivity contribution is 0.0945. The lowest BCUT2D eigenvalue weighted by atomic mass is 10.2. The molecule has 0 saturated carbocycles. The van der Waals surface area contributed by atoms with Crippen molar-refractivity contribution in [1.82, 2.24) is 10.3 Å². The van der Waals surface area contributed by atoms with E-state index in [2.05, 4.69) is 15.6 Å². The summed E-state index contributed by atoms with van der Waals surface area (Å²) in [5.41, 5.74) is 1.82. The predicted octanol–water partition coefficient (Wildman–Crippen LogP) is 4.03. The van der Waals surface area contributed by atoms with E-state index >= 15 is 0 Å². The average Bonchev–Trinajstić information content (AvgIpc) is 2.61. The van der Waals surface area contributed by atoms with Gasteiger partial charge in [0, 0.05) is 17.8 Å². The minimum absolute atomic E-state index is 0.0798. The van der Waals surface area contributed by atoms with Crippen molar-refractivity contribution in [2.75, 3.05) is 5.32 Å². The molecule has 0 aliphatic heterocycles. The molecular weight excluding hydrogens is 324 g/mol. The van der Waals surface area contributed by atoms with E-state index in [4.69, 9.17) is 0 Å². The van der Waals surface area contributed by atoms with Crippen LogP contribution in [0.15, 0.2) is 66.9 Å². The Morgan fingerprint density at radius 2 is 1.80 bits per heavy atom. The Hall–Kier alpha value is -3.28. The molecular formula is C19H15F2N3O. The number of hydrogen-bond acceptors (Lipinski definition) is 3. The monoisotopic (exact) mass is 339 g/mol. The highest BCUT2D eigenvalue weighted by atomic mass is 19.1. The Kier molecular flexibility index (Phi) is 4.99. The fourth-order valence-electron chi connectivity index (χ4n) is 2.24. The maximum absolute atomic E-state index is 13.5. The Bertz CT molecular complexity index is 882. The highest BCUT2D eigenvalue weighted by molar-refractivity contribution is 5.92. The number of pyridine rings is 1. The summed E-state index contributed by atoms with van der Waals surface area (Å²) in [4.78, 5) is 16.1. The second-order valence-corrected chi connectivity index (χ2v) is 5.34. The molecule has 0 aliphatic carbocycles. The molecule has 0 spiro atoms. The van der Waals surface area contributed by atoms with E-state index in [0.717, 1.165) is 0 Å². The molecule has 1 aromatic heterocycles. The average molecular weight is 339 g/mol. The first-order valence-electron chi connectivity index (χ1n) is 7.62. The molecule has 4 nitrogen and oxygen atoms in total. The van der Waals surface area contributed by atoms with Gasteiger partial charge in [-0.1, -0.05) is 24.3 Å². The number of nitrogens with zero attached hydrogens (tertiary/aromatic N) is 1. The normalized spacial score (nSPS) is 10.3. The van der Waals surface area contributed by atoms with Gasteiger partial charge in [0.2, 0.25) is 0 Å². The van der Waals surface area contributed by atoms with Crippen LogP contribution in [0.3, 0.4) is 0 Å². The van der Waals surface area contributed by atoms with Gasteiger partial charge in [0.25, 0.3) is 5.91 Å². The lowest BCUT2D eigenvalue weighted by Crippen LogP contribution is -2.24. The van der Waals surface area contributed by atoms with Crippen molar-refractivity contribution in [1.29, 1.82) is 0 Å². The fourth-order valence-corrected chi connectivity index (χ4v) is 2.24. The highest BCUT2D eigenvalue weighted by Gasteiger charge is 2.08. The Morgan fingerprint density at radius 1 is 0.960 bits per heavy atom. The topological polar surface area (TPSA) is 54.0 Å². The Morgan fingerprint density at radius 3 is 2.52 bits per heavy atom. The maximum Gasteiger partial charge on any atom is 0.270 e. The SMILES string of the molecule is O=C(NCc1ccccc1F)c1ccc(Nc2cccc(F)c2)cn1. The van der Waals surface area contributed by atoms with Gasteiger partial charge in [-0.25, -0.2) is 13.8 Å². The van der Waals surface area contributed by atoms with E-state index in [-0.39, 0.29) is 23.9 Å². The fraction of sp³-hybridized carbons (Fsp3) is 0.0526. The van der Waals surface area contributed by atoms with Crippen LogP contribution in [0.4, 0.5) is 20.2 Å². The van der Waals surface area contributed by atoms with E-state index < -0.39 is 5.91 Å². The van der Waals surface area contributed by atoms with Gasteiger partial charge in [0.15, 0.2) is 0 Å². The van der Waals surface area contributed by atoms with Gasteiger partial charge in [-0.15, -0.1) is 0 Å². The van der Waals surface area contributed by atoms with Crippen LogP contribution in [0.25, 0.3) is 0 Å². The van der Waals surface area contributed by atoms with Crippen molar-refractivity contribution in [2.24, 2.45) is 0 Å². The van der Waals surface area contributed by atoms with Gasteiger partial charge in [-0.2, -0.15) is 0 Å². The molecule has 1 heterocycles. The first-order valence-corrected chi connectivity index (χ1v) is 7.62. The van der Waals surface area contributed by atoms with Gasteiger partial charge < -0.3 is 10.6 Å². The molecule has 6 heteroatoms. The standard InChI is InChI=1S/C19H15F2N3O/c20-14-5-3-6-15(10-14)24-16-8-9-18(22-12-16)19(25)23-11-13-4-1-2-7-17(13)21/h1-10,12,24H,11H2,(H,23,25). The molecule has 25 heavy (non-hydrogen) atoms. The molecule has 0 aliphatic rings. The first kappa shape index (κ1) is 16.6. The summed E-state index contributed by atoms with van der Waals surface area (Å²) < 4.78 is 26.7. The molecule has 0 bridgehead atoms. The van der Waals surface area contributed by atoms with Crippen molar-refractivity contribution in [3.05, 3.63) is 89.8 Å². The van der Waals surface area contributed by atoms with Crippen LogP contribution in [0.2, 0.25) is 0 Å². The minimum atomic E-state index is -0.402. The Balaban J connectivity index is 1.61. The molecule has 3 rings (SSSR count). The van der Waals surface area contributed by atoms with Crippen LogP contribution in [-0.4, -0.2) is 10.9 Å². The van der Waals surface area contributed by atoms with Crippen molar-refractivity contribution < 1.29 is 13.6 Å². The predicted molar refractivity (Wildman–Crippen MR) is 91.5 cm³/mol. The highest BCUT2D eigenvalue weighted by Crippen LogP contribution is 2.16. The summed E-state index contributed by atoms with van der Waals surface area (Å²) in [6.45, 7) is 0.0798. The largest absolute Gasteiger partial charge is 0.354 e. The minimum Gasteiger partial charge on any atom is -0.354 e. The number of hydrogen-bond donors (Lipinski definition) is 2. The number of carbonyl (C=O) groups excluding carboxylic acids is 1. The molecule has 0 unspecified atom stereocenters. The van der Waals surface area contributed by atoms with Gasteiger partial charge >= 0.3 is 0 Å². The number of rotatable bonds is 5. The van der Waals surface area contributed by atoms with Crippen LogP contribution in [0.5, 0.6) is 0 Å². The van der Waals surface area contributed by atoms with Gasteiger partial charge in [-0.05, 0) is 36.4 Å². The van der Waals surface area contributed by atoms with Crippen molar-refractivity contribution in [3.63, 3.8) is 0 Å². The second kappa shape index (κ2) is 7.53. The molecule has 2 N–H and O–H groups in total. The molecule has 0 radical (unpaired) electrons. The summed E-state index contributed by atoms with van der Waals surface area (Å²) in [6.07, 6.45) is 1.48. The number of nitrogens with one attached hydrogen (secondary N) is 2. The summed E-state index contributed by atoms with van der Waals surface area (Å²) in [7, 11) is 0. The molecule has 0 fully saturated rings. The molecule has 3 aromatic rings. The summed E-state index contributed by atoms with van der Waals surface area (Å²) in [6, 6.07) is 15.5. The van der Waals surface area contributed by atoms with Gasteiger partial charge in [0.1, 0.15) is 17.3 Å². The number of aromatic nitrogens is 1.